The van der Waals surface area contributed by atoms with E-state index >= 15 is 0 Å². The highest BCUT2D eigenvalue weighted by molar-refractivity contribution is 5.99. The van der Waals surface area contributed by atoms with Crippen molar-refractivity contribution in [2.45, 2.75) is 26.3 Å². The lowest BCUT2D eigenvalue weighted by Crippen LogP contribution is -2.43. The Morgan fingerprint density at radius 1 is 1.08 bits per heavy atom. The summed E-state index contributed by atoms with van der Waals surface area (Å²) in [5.74, 6) is 1.15. The van der Waals surface area contributed by atoms with Gasteiger partial charge in [-0.3, -0.25) is 4.79 Å². The Labute approximate surface area is 211 Å². The van der Waals surface area contributed by atoms with E-state index in [9.17, 15) is 9.59 Å². The maximum atomic E-state index is 12.9. The van der Waals surface area contributed by atoms with Gasteiger partial charge in [0.1, 0.15) is 18.1 Å². The fraction of sp³-hybridized carbons (Fsp3) is 0.241. The molecule has 1 aliphatic heterocycles. The third kappa shape index (κ3) is 5.86. The van der Waals surface area contributed by atoms with Crippen LogP contribution in [0.2, 0.25) is 0 Å². The van der Waals surface area contributed by atoms with Gasteiger partial charge in [-0.2, -0.15) is 0 Å². The highest BCUT2D eigenvalue weighted by Gasteiger charge is 2.27. The van der Waals surface area contributed by atoms with Crippen LogP contribution in [0, 0.1) is 0 Å². The minimum Gasteiger partial charge on any atom is -0.492 e. The van der Waals surface area contributed by atoms with Gasteiger partial charge in [0.2, 0.25) is 0 Å². The molecule has 7 heteroatoms. The summed E-state index contributed by atoms with van der Waals surface area (Å²) in [5.41, 5.74) is 3.47. The fourth-order valence-electron chi connectivity index (χ4n) is 3.99. The number of carbonyl (C=O) groups excluding carboxylic acids is 2. The summed E-state index contributed by atoms with van der Waals surface area (Å²) in [6.45, 7) is 10.5. The van der Waals surface area contributed by atoms with Crippen LogP contribution < -0.4 is 25.0 Å². The lowest BCUT2D eigenvalue weighted by atomic mass is 9.92. The summed E-state index contributed by atoms with van der Waals surface area (Å²) in [5, 5.41) is 5.91. The van der Waals surface area contributed by atoms with Crippen molar-refractivity contribution in [3.63, 3.8) is 0 Å². The van der Waals surface area contributed by atoms with Gasteiger partial charge < -0.3 is 25.0 Å². The molecule has 0 atom stereocenters. The number of amides is 3. The number of hydrogen-bond acceptors (Lipinski definition) is 4. The van der Waals surface area contributed by atoms with Crippen LogP contribution in [0.1, 0.15) is 31.9 Å². The van der Waals surface area contributed by atoms with Crippen LogP contribution in [-0.2, 0) is 10.3 Å². The molecule has 0 unspecified atom stereocenters. The van der Waals surface area contributed by atoms with E-state index in [1.54, 1.807) is 23.1 Å². The Kier molecular flexibility index (Phi) is 7.29. The second kappa shape index (κ2) is 10.6. The van der Waals surface area contributed by atoms with Crippen LogP contribution in [0.4, 0.5) is 16.2 Å². The molecule has 0 saturated heterocycles. The molecule has 4 rings (SSSR count). The van der Waals surface area contributed by atoms with Gasteiger partial charge in [-0.05, 0) is 68.3 Å². The fourth-order valence-corrected chi connectivity index (χ4v) is 3.99. The summed E-state index contributed by atoms with van der Waals surface area (Å²) in [6, 6.07) is 22.3. The largest absolute Gasteiger partial charge is 0.492 e. The predicted octanol–water partition coefficient (Wildman–Crippen LogP) is 5.58. The topological polar surface area (TPSA) is 79.9 Å². The number of ether oxygens (including phenoxy) is 2. The van der Waals surface area contributed by atoms with E-state index in [0.717, 1.165) is 22.4 Å². The van der Waals surface area contributed by atoms with Gasteiger partial charge in [-0.15, -0.1) is 0 Å². The van der Waals surface area contributed by atoms with Crippen molar-refractivity contribution < 1.29 is 19.1 Å². The van der Waals surface area contributed by atoms with Gasteiger partial charge in [0.05, 0.1) is 17.8 Å². The Hall–Kier alpha value is -4.26. The van der Waals surface area contributed by atoms with Crippen molar-refractivity contribution in [1.82, 2.24) is 5.32 Å². The van der Waals surface area contributed by atoms with Crippen molar-refractivity contribution >= 4 is 28.9 Å². The third-order valence-electron chi connectivity index (χ3n) is 5.99. The highest BCUT2D eigenvalue weighted by Crippen LogP contribution is 2.34. The first-order valence-corrected chi connectivity index (χ1v) is 11.8. The van der Waals surface area contributed by atoms with Gasteiger partial charge in [-0.1, -0.05) is 48.6 Å². The monoisotopic (exact) mass is 485 g/mol. The van der Waals surface area contributed by atoms with Crippen LogP contribution in [0.5, 0.6) is 11.5 Å². The minimum absolute atomic E-state index is 0.0387. The normalized spacial score (nSPS) is 12.9. The molecule has 7 nitrogen and oxygen atoms in total. The van der Waals surface area contributed by atoms with Crippen molar-refractivity contribution in [3.8, 4) is 11.5 Å². The number of nitrogens with one attached hydrogen (secondary N) is 2. The summed E-state index contributed by atoms with van der Waals surface area (Å²) in [7, 11) is 0. The van der Waals surface area contributed by atoms with Crippen molar-refractivity contribution in [2.75, 3.05) is 30.0 Å². The van der Waals surface area contributed by atoms with Crippen LogP contribution in [0.25, 0.3) is 5.57 Å². The smallest absolute Gasteiger partial charge is 0.319 e. The molecule has 3 aromatic carbocycles. The minimum atomic E-state index is -0.621. The molecule has 0 aromatic heterocycles. The second-order valence-electron chi connectivity index (χ2n) is 9.24. The van der Waals surface area contributed by atoms with E-state index in [1.807, 2.05) is 75.4 Å². The van der Waals surface area contributed by atoms with E-state index in [1.165, 1.54) is 0 Å². The molecule has 3 amide bonds. The Bertz CT molecular complexity index is 1270. The lowest BCUT2D eigenvalue weighted by Gasteiger charge is -2.30. The second-order valence-corrected chi connectivity index (χ2v) is 9.24. The number of anilines is 2. The number of allylic oxidation sites excluding steroid dienone is 1. The molecule has 1 aliphatic rings. The van der Waals surface area contributed by atoms with Crippen LogP contribution in [0.15, 0.2) is 79.4 Å². The molecule has 0 aliphatic carbocycles. The molecule has 1 heterocycles. The van der Waals surface area contributed by atoms with Gasteiger partial charge >= 0.3 is 6.03 Å². The summed E-state index contributed by atoms with van der Waals surface area (Å²) in [6.07, 6.45) is 0. The first kappa shape index (κ1) is 24.9. The first-order chi connectivity index (χ1) is 17.2. The average molecular weight is 486 g/mol. The number of hydrogen-bond donors (Lipinski definition) is 2. The molecule has 0 fully saturated rings. The number of benzene rings is 3. The maximum absolute atomic E-state index is 12.9. The molecule has 0 bridgehead atoms. The van der Waals surface area contributed by atoms with Crippen LogP contribution in [0.3, 0.4) is 0 Å². The highest BCUT2D eigenvalue weighted by atomic mass is 16.5. The standard InChI is InChI=1S/C29H31N3O4/c1-20(2)21-9-8-10-22(17-21)29(3,4)31-28(34)30-23-13-14-26-25(18-23)32(27(33)19-36-26)15-16-35-24-11-6-5-7-12-24/h5-14,17-18H,1,15-16,19H2,2-4H3,(H2,30,31,34). The maximum Gasteiger partial charge on any atom is 0.319 e. The van der Waals surface area contributed by atoms with Crippen LogP contribution >= 0.6 is 0 Å². The number of fused-ring (bicyclic) bond motifs is 1. The quantitative estimate of drug-likeness (QED) is 0.437. The van der Waals surface area contributed by atoms with E-state index in [2.05, 4.69) is 17.2 Å². The number of rotatable bonds is 8. The Morgan fingerprint density at radius 2 is 1.86 bits per heavy atom. The average Bonchev–Trinajstić information content (AvgIpc) is 2.85. The van der Waals surface area contributed by atoms with Crippen LogP contribution in [-0.4, -0.2) is 31.7 Å². The van der Waals surface area contributed by atoms with Crippen molar-refractivity contribution in [2.24, 2.45) is 0 Å². The lowest BCUT2D eigenvalue weighted by molar-refractivity contribution is -0.121. The Morgan fingerprint density at radius 3 is 2.61 bits per heavy atom. The molecule has 0 saturated carbocycles. The van der Waals surface area contributed by atoms with E-state index in [0.29, 0.717) is 30.3 Å². The molecule has 36 heavy (non-hydrogen) atoms. The zero-order valence-electron chi connectivity index (χ0n) is 20.8. The summed E-state index contributed by atoms with van der Waals surface area (Å²) < 4.78 is 11.4. The van der Waals surface area contributed by atoms with E-state index in [4.69, 9.17) is 9.47 Å². The first-order valence-electron chi connectivity index (χ1n) is 11.8. The molecule has 2 N–H and O–H groups in total. The molecule has 186 valence electrons. The number of para-hydroxylation sites is 1. The molecule has 3 aromatic rings. The molecular formula is C29H31N3O4. The van der Waals surface area contributed by atoms with Gasteiger partial charge in [0.15, 0.2) is 6.61 Å². The third-order valence-corrected chi connectivity index (χ3v) is 5.99. The van der Waals surface area contributed by atoms with Gasteiger partial charge in [0.25, 0.3) is 5.91 Å². The van der Waals surface area contributed by atoms with E-state index in [-0.39, 0.29) is 18.5 Å². The SMILES string of the molecule is C=C(C)c1cccc(C(C)(C)NC(=O)Nc2ccc3c(c2)N(CCOc2ccccc2)C(=O)CO3)c1. The van der Waals surface area contributed by atoms with Gasteiger partial charge in [-0.25, -0.2) is 4.79 Å². The van der Waals surface area contributed by atoms with Crippen molar-refractivity contribution in [1.29, 1.82) is 0 Å². The number of nitrogens with zero attached hydrogens (tertiary/aromatic N) is 1. The predicted molar refractivity (Wildman–Crippen MR) is 143 cm³/mol. The number of urea groups is 1. The number of carbonyl (C=O) groups is 2. The molecular weight excluding hydrogens is 454 g/mol. The summed E-state index contributed by atoms with van der Waals surface area (Å²) in [4.78, 5) is 27.1. The van der Waals surface area contributed by atoms with Crippen molar-refractivity contribution in [3.05, 3.63) is 90.5 Å². The zero-order valence-corrected chi connectivity index (χ0v) is 20.8. The summed E-state index contributed by atoms with van der Waals surface area (Å²) >= 11 is 0. The molecule has 0 radical (unpaired) electrons. The van der Waals surface area contributed by atoms with Gasteiger partial charge in [0, 0.05) is 5.69 Å². The van der Waals surface area contributed by atoms with E-state index < -0.39 is 5.54 Å². The Balaban J connectivity index is 1.44. The zero-order chi connectivity index (χ0) is 25.7. The molecule has 0 spiro atoms.